The minimum absolute atomic E-state index is 0.127. The van der Waals surface area contributed by atoms with Gasteiger partial charge in [-0.25, -0.2) is 0 Å². The summed E-state index contributed by atoms with van der Waals surface area (Å²) in [5, 5.41) is 15.0. The maximum atomic E-state index is 8.66. The third-order valence-electron chi connectivity index (χ3n) is 2.61. The highest BCUT2D eigenvalue weighted by atomic mass is 16.4. The van der Waals surface area contributed by atoms with E-state index in [0.717, 1.165) is 18.5 Å². The number of oxime groups is 1. The Labute approximate surface area is 96.2 Å². The molecule has 0 radical (unpaired) electrons. The van der Waals surface area contributed by atoms with Crippen LogP contribution in [0, 0.1) is 0 Å². The van der Waals surface area contributed by atoms with Gasteiger partial charge >= 0.3 is 0 Å². The molecule has 0 aliphatic carbocycles. The number of amidine groups is 1. The monoisotopic (exact) mass is 221 g/mol. The fourth-order valence-corrected chi connectivity index (χ4v) is 1.61. The molecule has 0 amide bonds. The first-order valence-corrected chi connectivity index (χ1v) is 5.54. The first-order chi connectivity index (χ1) is 7.72. The number of benzene rings is 1. The van der Waals surface area contributed by atoms with Gasteiger partial charge in [0, 0.05) is 5.69 Å². The molecule has 0 saturated heterocycles. The van der Waals surface area contributed by atoms with E-state index in [2.05, 4.69) is 23.5 Å². The second kappa shape index (κ2) is 6.00. The van der Waals surface area contributed by atoms with Crippen molar-refractivity contribution in [3.8, 4) is 0 Å². The van der Waals surface area contributed by atoms with Gasteiger partial charge in [0.05, 0.1) is 6.04 Å². The van der Waals surface area contributed by atoms with Gasteiger partial charge in [-0.05, 0) is 24.5 Å². The van der Waals surface area contributed by atoms with Gasteiger partial charge in [-0.1, -0.05) is 37.2 Å². The van der Waals surface area contributed by atoms with Gasteiger partial charge in [-0.3, -0.25) is 0 Å². The van der Waals surface area contributed by atoms with Crippen molar-refractivity contribution >= 4 is 11.5 Å². The Balaban J connectivity index is 2.85. The van der Waals surface area contributed by atoms with Gasteiger partial charge in [-0.2, -0.15) is 0 Å². The van der Waals surface area contributed by atoms with Crippen LogP contribution < -0.4 is 11.1 Å². The standard InChI is InChI=1S/C12H19N3O/c1-3-9-7-5-6-8-11(9)14-10(4-2)12(13)15-16/h5-8,10,14,16H,3-4H2,1-2H3,(H2,13,15). The summed E-state index contributed by atoms with van der Waals surface area (Å²) in [5.41, 5.74) is 7.88. The molecule has 4 N–H and O–H groups in total. The van der Waals surface area contributed by atoms with Crippen LogP contribution in [-0.2, 0) is 6.42 Å². The molecule has 1 atom stereocenters. The van der Waals surface area contributed by atoms with E-state index in [0.29, 0.717) is 0 Å². The number of rotatable bonds is 5. The van der Waals surface area contributed by atoms with E-state index in [-0.39, 0.29) is 11.9 Å². The van der Waals surface area contributed by atoms with Crippen LogP contribution >= 0.6 is 0 Å². The lowest BCUT2D eigenvalue weighted by Crippen LogP contribution is -2.35. The van der Waals surface area contributed by atoms with Crippen LogP contribution in [0.2, 0.25) is 0 Å². The summed E-state index contributed by atoms with van der Waals surface area (Å²) < 4.78 is 0. The molecule has 1 aromatic carbocycles. The number of nitrogens with one attached hydrogen (secondary N) is 1. The van der Waals surface area contributed by atoms with E-state index in [9.17, 15) is 0 Å². The van der Waals surface area contributed by atoms with E-state index in [1.165, 1.54) is 5.56 Å². The van der Waals surface area contributed by atoms with Gasteiger partial charge in [0.1, 0.15) is 0 Å². The zero-order chi connectivity index (χ0) is 12.0. The molecule has 0 spiro atoms. The molecule has 0 saturated carbocycles. The molecular formula is C12H19N3O. The Morgan fingerprint density at radius 1 is 1.44 bits per heavy atom. The Morgan fingerprint density at radius 2 is 2.12 bits per heavy atom. The molecule has 0 fully saturated rings. The molecule has 0 bridgehead atoms. The number of aryl methyl sites for hydroxylation is 1. The maximum Gasteiger partial charge on any atom is 0.161 e. The van der Waals surface area contributed by atoms with Crippen molar-refractivity contribution in [1.29, 1.82) is 0 Å². The quantitative estimate of drug-likeness (QED) is 0.309. The third-order valence-corrected chi connectivity index (χ3v) is 2.61. The van der Waals surface area contributed by atoms with E-state index in [1.807, 2.05) is 25.1 Å². The van der Waals surface area contributed by atoms with Crippen LogP contribution in [0.3, 0.4) is 0 Å². The summed E-state index contributed by atoms with van der Waals surface area (Å²) in [6.07, 6.45) is 1.73. The molecule has 0 heterocycles. The molecule has 0 aliphatic heterocycles. The van der Waals surface area contributed by atoms with Crippen molar-refractivity contribution in [3.05, 3.63) is 29.8 Å². The largest absolute Gasteiger partial charge is 0.409 e. The lowest BCUT2D eigenvalue weighted by atomic mass is 10.1. The van der Waals surface area contributed by atoms with Crippen LogP contribution in [0.25, 0.3) is 0 Å². The lowest BCUT2D eigenvalue weighted by molar-refractivity contribution is 0.316. The Morgan fingerprint density at radius 3 is 2.69 bits per heavy atom. The van der Waals surface area contributed by atoms with Crippen molar-refractivity contribution in [3.63, 3.8) is 0 Å². The van der Waals surface area contributed by atoms with Crippen LogP contribution in [0.1, 0.15) is 25.8 Å². The van der Waals surface area contributed by atoms with Crippen LogP contribution in [-0.4, -0.2) is 17.1 Å². The van der Waals surface area contributed by atoms with Crippen LogP contribution in [0.4, 0.5) is 5.69 Å². The molecule has 1 unspecified atom stereocenters. The minimum atomic E-state index is -0.127. The molecule has 88 valence electrons. The summed E-state index contributed by atoms with van der Waals surface area (Å²) in [6.45, 7) is 4.09. The number of nitrogens with two attached hydrogens (primary N) is 1. The van der Waals surface area contributed by atoms with Gasteiger partial charge in [0.25, 0.3) is 0 Å². The normalized spacial score (nSPS) is 13.5. The van der Waals surface area contributed by atoms with Gasteiger partial charge in [-0.15, -0.1) is 0 Å². The third kappa shape index (κ3) is 2.89. The number of nitrogens with zero attached hydrogens (tertiary/aromatic N) is 1. The van der Waals surface area contributed by atoms with Crippen molar-refractivity contribution < 1.29 is 5.21 Å². The van der Waals surface area contributed by atoms with Gasteiger partial charge in [0.15, 0.2) is 5.84 Å². The number of anilines is 1. The second-order valence-electron chi connectivity index (χ2n) is 3.64. The average Bonchev–Trinajstić information content (AvgIpc) is 2.35. The van der Waals surface area contributed by atoms with Crippen molar-refractivity contribution in [2.24, 2.45) is 10.9 Å². The number of hydrogen-bond donors (Lipinski definition) is 3. The average molecular weight is 221 g/mol. The number of para-hydroxylation sites is 1. The van der Waals surface area contributed by atoms with E-state index in [1.54, 1.807) is 0 Å². The zero-order valence-corrected chi connectivity index (χ0v) is 9.77. The van der Waals surface area contributed by atoms with E-state index < -0.39 is 0 Å². The van der Waals surface area contributed by atoms with E-state index >= 15 is 0 Å². The molecule has 4 nitrogen and oxygen atoms in total. The molecule has 0 aromatic heterocycles. The predicted octanol–water partition coefficient (Wildman–Crippen LogP) is 2.19. The SMILES string of the molecule is CCc1ccccc1NC(CC)C(N)=NO. The lowest BCUT2D eigenvalue weighted by Gasteiger charge is -2.18. The number of hydrogen-bond acceptors (Lipinski definition) is 3. The zero-order valence-electron chi connectivity index (χ0n) is 9.77. The highest BCUT2D eigenvalue weighted by molar-refractivity contribution is 5.87. The summed E-state index contributed by atoms with van der Waals surface area (Å²) in [4.78, 5) is 0. The Hall–Kier alpha value is -1.71. The first kappa shape index (κ1) is 12.4. The minimum Gasteiger partial charge on any atom is -0.409 e. The fourth-order valence-electron chi connectivity index (χ4n) is 1.61. The summed E-state index contributed by atoms with van der Waals surface area (Å²) >= 11 is 0. The smallest absolute Gasteiger partial charge is 0.161 e. The maximum absolute atomic E-state index is 8.66. The highest BCUT2D eigenvalue weighted by Gasteiger charge is 2.12. The summed E-state index contributed by atoms with van der Waals surface area (Å²) in [5.74, 6) is 0.216. The molecule has 16 heavy (non-hydrogen) atoms. The van der Waals surface area contributed by atoms with Gasteiger partial charge in [0.2, 0.25) is 0 Å². The second-order valence-corrected chi connectivity index (χ2v) is 3.64. The summed E-state index contributed by atoms with van der Waals surface area (Å²) in [6, 6.07) is 7.93. The fraction of sp³-hybridized carbons (Fsp3) is 0.417. The molecule has 1 aromatic rings. The highest BCUT2D eigenvalue weighted by Crippen LogP contribution is 2.17. The topological polar surface area (TPSA) is 70.6 Å². The Bertz CT molecular complexity index is 363. The predicted molar refractivity (Wildman–Crippen MR) is 66.9 cm³/mol. The van der Waals surface area contributed by atoms with E-state index in [4.69, 9.17) is 10.9 Å². The van der Waals surface area contributed by atoms with Crippen LogP contribution in [0.5, 0.6) is 0 Å². The van der Waals surface area contributed by atoms with Crippen molar-refractivity contribution in [2.45, 2.75) is 32.7 Å². The molecule has 4 heteroatoms. The molecule has 0 aliphatic rings. The Kier molecular flexibility index (Phi) is 4.64. The van der Waals surface area contributed by atoms with Crippen molar-refractivity contribution in [1.82, 2.24) is 0 Å². The van der Waals surface area contributed by atoms with Crippen molar-refractivity contribution in [2.75, 3.05) is 5.32 Å². The van der Waals surface area contributed by atoms with Crippen LogP contribution in [0.15, 0.2) is 29.4 Å². The first-order valence-electron chi connectivity index (χ1n) is 5.54. The van der Waals surface area contributed by atoms with Gasteiger partial charge < -0.3 is 16.3 Å². The molecular weight excluding hydrogens is 202 g/mol. The summed E-state index contributed by atoms with van der Waals surface area (Å²) in [7, 11) is 0. The molecule has 1 rings (SSSR count).